The van der Waals surface area contributed by atoms with Crippen LogP contribution in [0, 0.1) is 17.8 Å². The Bertz CT molecular complexity index is 422. The molecule has 5 nitrogen and oxygen atoms in total. The van der Waals surface area contributed by atoms with Gasteiger partial charge in [-0.2, -0.15) is 0 Å². The first-order valence-electron chi connectivity index (χ1n) is 9.25. The van der Waals surface area contributed by atoms with Crippen molar-refractivity contribution >= 4 is 11.9 Å². The molecule has 0 aromatic rings. The molecule has 0 aliphatic heterocycles. The lowest BCUT2D eigenvalue weighted by molar-refractivity contribution is -0.160. The van der Waals surface area contributed by atoms with E-state index in [9.17, 15) is 14.7 Å². The monoisotopic (exact) mass is 339 g/mol. The molecule has 0 saturated heterocycles. The molecule has 1 fully saturated rings. The first kappa shape index (κ1) is 20.7. The number of nitrogens with one attached hydrogen (secondary N) is 1. The van der Waals surface area contributed by atoms with Gasteiger partial charge < -0.3 is 15.2 Å². The van der Waals surface area contributed by atoms with Crippen molar-refractivity contribution in [1.82, 2.24) is 5.32 Å². The van der Waals surface area contributed by atoms with Crippen LogP contribution in [-0.4, -0.2) is 36.7 Å². The Hall–Kier alpha value is -1.36. The van der Waals surface area contributed by atoms with Crippen molar-refractivity contribution in [2.75, 3.05) is 13.6 Å². The molecule has 138 valence electrons. The maximum atomic E-state index is 12.4. The number of carboxylic acids is 1. The zero-order chi connectivity index (χ0) is 17.9. The van der Waals surface area contributed by atoms with Gasteiger partial charge in [0, 0.05) is 18.9 Å². The van der Waals surface area contributed by atoms with Gasteiger partial charge in [-0.25, -0.2) is 0 Å². The number of hydrogen-bond donors (Lipinski definition) is 2. The molecule has 0 aromatic carbocycles. The number of carbonyl (C=O) groups is 2. The molecule has 0 bridgehead atoms. The minimum atomic E-state index is -0.766. The van der Waals surface area contributed by atoms with Crippen molar-refractivity contribution in [1.29, 1.82) is 0 Å². The number of ether oxygens (including phenoxy) is 1. The molecule has 2 N–H and O–H groups in total. The van der Waals surface area contributed by atoms with E-state index in [4.69, 9.17) is 4.74 Å². The first-order chi connectivity index (χ1) is 11.5. The minimum Gasteiger partial charge on any atom is -0.481 e. The molecule has 4 unspecified atom stereocenters. The van der Waals surface area contributed by atoms with Gasteiger partial charge in [0.15, 0.2) is 0 Å². The summed E-state index contributed by atoms with van der Waals surface area (Å²) in [5.41, 5.74) is 0. The first-order valence-corrected chi connectivity index (χ1v) is 9.25. The predicted molar refractivity (Wildman–Crippen MR) is 94.7 cm³/mol. The molecule has 0 radical (unpaired) electrons. The molecule has 24 heavy (non-hydrogen) atoms. The second-order valence-corrected chi connectivity index (χ2v) is 6.71. The fourth-order valence-corrected chi connectivity index (χ4v) is 3.59. The van der Waals surface area contributed by atoms with E-state index in [2.05, 4.69) is 24.4 Å². The van der Waals surface area contributed by atoms with Gasteiger partial charge in [0.25, 0.3) is 0 Å². The Morgan fingerprint density at radius 3 is 2.62 bits per heavy atom. The summed E-state index contributed by atoms with van der Waals surface area (Å²) >= 11 is 0. The molecular weight excluding hydrogens is 306 g/mol. The third kappa shape index (κ3) is 6.63. The number of carboxylic acid groups (broad SMARTS) is 1. The second kappa shape index (κ2) is 11.2. The van der Waals surface area contributed by atoms with Crippen molar-refractivity contribution in [2.24, 2.45) is 17.8 Å². The third-order valence-corrected chi connectivity index (χ3v) is 4.94. The zero-order valence-corrected chi connectivity index (χ0v) is 15.3. The molecule has 5 heteroatoms. The highest BCUT2D eigenvalue weighted by molar-refractivity contribution is 5.73. The smallest absolute Gasteiger partial charge is 0.310 e. The van der Waals surface area contributed by atoms with Gasteiger partial charge >= 0.3 is 11.9 Å². The third-order valence-electron chi connectivity index (χ3n) is 4.94. The van der Waals surface area contributed by atoms with Crippen LogP contribution in [0.2, 0.25) is 0 Å². The molecule has 1 aliphatic rings. The summed E-state index contributed by atoms with van der Waals surface area (Å²) in [5.74, 6) is -0.870. The Morgan fingerprint density at radius 1 is 1.29 bits per heavy atom. The molecule has 1 rings (SSSR count). The quantitative estimate of drug-likeness (QED) is 0.471. The Kier molecular flexibility index (Phi) is 9.69. The number of allylic oxidation sites excluding steroid dienone is 2. The van der Waals surface area contributed by atoms with Crippen LogP contribution < -0.4 is 5.32 Å². The van der Waals surface area contributed by atoms with Crippen molar-refractivity contribution in [3.8, 4) is 0 Å². The number of aliphatic carboxylic acids is 1. The maximum absolute atomic E-state index is 12.4. The average molecular weight is 339 g/mol. The summed E-state index contributed by atoms with van der Waals surface area (Å²) in [5, 5.41) is 12.2. The van der Waals surface area contributed by atoms with Crippen molar-refractivity contribution in [2.45, 2.75) is 64.9 Å². The van der Waals surface area contributed by atoms with E-state index >= 15 is 0 Å². The van der Waals surface area contributed by atoms with Gasteiger partial charge in [-0.15, -0.1) is 0 Å². The van der Waals surface area contributed by atoms with Gasteiger partial charge in [-0.1, -0.05) is 26.0 Å². The molecule has 1 aliphatic carbocycles. The number of rotatable bonds is 10. The van der Waals surface area contributed by atoms with E-state index < -0.39 is 5.97 Å². The van der Waals surface area contributed by atoms with E-state index in [1.54, 1.807) is 0 Å². The van der Waals surface area contributed by atoms with Gasteiger partial charge in [-0.3, -0.25) is 9.59 Å². The van der Waals surface area contributed by atoms with Crippen LogP contribution in [0.15, 0.2) is 12.2 Å². The van der Waals surface area contributed by atoms with Gasteiger partial charge in [0.2, 0.25) is 0 Å². The largest absolute Gasteiger partial charge is 0.481 e. The van der Waals surface area contributed by atoms with Gasteiger partial charge in [-0.05, 0) is 51.5 Å². The van der Waals surface area contributed by atoms with Gasteiger partial charge in [0.1, 0.15) is 6.10 Å². The van der Waals surface area contributed by atoms with E-state index in [0.717, 1.165) is 38.5 Å². The Morgan fingerprint density at radius 2 is 2.04 bits per heavy atom. The summed E-state index contributed by atoms with van der Waals surface area (Å²) in [6, 6.07) is 0. The van der Waals surface area contributed by atoms with Crippen LogP contribution in [0.25, 0.3) is 0 Å². The van der Waals surface area contributed by atoms with Gasteiger partial charge in [0.05, 0.1) is 5.92 Å². The average Bonchev–Trinajstić information content (AvgIpc) is 2.54. The second-order valence-electron chi connectivity index (χ2n) is 6.71. The normalized spacial score (nSPS) is 25.5. The highest BCUT2D eigenvalue weighted by Crippen LogP contribution is 2.37. The van der Waals surface area contributed by atoms with Crippen LogP contribution in [0.4, 0.5) is 0 Å². The topological polar surface area (TPSA) is 75.6 Å². The SMILES string of the molecule is CC/C=C\CC1C(CC(=O)O)CCCC1OC(=O)C(CC)CNC. The summed E-state index contributed by atoms with van der Waals surface area (Å²) in [4.78, 5) is 23.6. The summed E-state index contributed by atoms with van der Waals surface area (Å²) in [7, 11) is 1.83. The van der Waals surface area contributed by atoms with E-state index in [0.29, 0.717) is 6.54 Å². The maximum Gasteiger partial charge on any atom is 0.310 e. The van der Waals surface area contributed by atoms with Crippen LogP contribution in [0.5, 0.6) is 0 Å². The summed E-state index contributed by atoms with van der Waals surface area (Å²) < 4.78 is 5.85. The molecule has 0 heterocycles. The molecular formula is C19H33NO4. The highest BCUT2D eigenvalue weighted by Gasteiger charge is 2.36. The minimum absolute atomic E-state index is 0.0833. The Labute approximate surface area is 145 Å². The molecule has 0 aromatic heterocycles. The zero-order valence-electron chi connectivity index (χ0n) is 15.3. The van der Waals surface area contributed by atoms with E-state index in [1.807, 2.05) is 14.0 Å². The van der Waals surface area contributed by atoms with Crippen LogP contribution in [0.1, 0.15) is 58.8 Å². The summed E-state index contributed by atoms with van der Waals surface area (Å²) in [6.07, 6.45) is 9.35. The van der Waals surface area contributed by atoms with Crippen molar-refractivity contribution < 1.29 is 19.4 Å². The van der Waals surface area contributed by atoms with Crippen LogP contribution in [-0.2, 0) is 14.3 Å². The molecule has 1 saturated carbocycles. The van der Waals surface area contributed by atoms with E-state index in [-0.39, 0.29) is 36.2 Å². The highest BCUT2D eigenvalue weighted by atomic mass is 16.5. The van der Waals surface area contributed by atoms with Crippen LogP contribution in [0.3, 0.4) is 0 Å². The predicted octanol–water partition coefficient (Wildman–Crippen LogP) is 3.39. The lowest BCUT2D eigenvalue weighted by atomic mass is 9.74. The fraction of sp³-hybridized carbons (Fsp3) is 0.789. The summed E-state index contributed by atoms with van der Waals surface area (Å²) in [6.45, 7) is 4.67. The van der Waals surface area contributed by atoms with Crippen molar-refractivity contribution in [3.05, 3.63) is 12.2 Å². The molecule has 0 amide bonds. The van der Waals surface area contributed by atoms with E-state index in [1.165, 1.54) is 0 Å². The standard InChI is InChI=1S/C19H33NO4/c1-4-6-7-10-16-15(12-18(21)22)9-8-11-17(16)24-19(23)14(5-2)13-20-3/h6-7,14-17,20H,4-5,8-13H2,1-3H3,(H,21,22)/b7-6-. The van der Waals surface area contributed by atoms with Crippen LogP contribution >= 0.6 is 0 Å². The number of carbonyl (C=O) groups excluding carboxylic acids is 1. The number of hydrogen-bond acceptors (Lipinski definition) is 4. The van der Waals surface area contributed by atoms with Crippen molar-refractivity contribution in [3.63, 3.8) is 0 Å². The Balaban J connectivity index is 2.80. The molecule has 4 atom stereocenters. The number of esters is 1. The lowest BCUT2D eigenvalue weighted by Gasteiger charge is -2.37. The molecule has 0 spiro atoms. The lowest BCUT2D eigenvalue weighted by Crippen LogP contribution is -2.39. The fourth-order valence-electron chi connectivity index (χ4n) is 3.59.